The Morgan fingerprint density at radius 2 is 2.10 bits per heavy atom. The number of nitrogens with one attached hydrogen (secondary N) is 1. The van der Waals surface area contributed by atoms with Gasteiger partial charge in [-0.1, -0.05) is 13.8 Å². The van der Waals surface area contributed by atoms with Crippen LogP contribution in [0, 0.1) is 11.7 Å². The third-order valence-electron chi connectivity index (χ3n) is 2.82. The van der Waals surface area contributed by atoms with Crippen LogP contribution in [-0.2, 0) is 13.2 Å². The molecule has 0 radical (unpaired) electrons. The highest BCUT2D eigenvalue weighted by Gasteiger charge is 2.04. The van der Waals surface area contributed by atoms with Gasteiger partial charge in [0.05, 0.1) is 3.79 Å². The first-order valence-corrected chi connectivity index (χ1v) is 8.51. The number of thiophene rings is 1. The summed E-state index contributed by atoms with van der Waals surface area (Å²) >= 11 is 5.03. The summed E-state index contributed by atoms with van der Waals surface area (Å²) in [4.78, 5) is 1.10. The summed E-state index contributed by atoms with van der Waals surface area (Å²) in [5.74, 6) is 0.883. The molecule has 1 aromatic carbocycles. The predicted molar refractivity (Wildman–Crippen MR) is 89.3 cm³/mol. The quantitative estimate of drug-likeness (QED) is 0.741. The summed E-state index contributed by atoms with van der Waals surface area (Å²) in [5.41, 5.74) is 0.901. The summed E-state index contributed by atoms with van der Waals surface area (Å²) in [6.07, 6.45) is 0. The van der Waals surface area contributed by atoms with Crippen molar-refractivity contribution in [1.29, 1.82) is 0 Å². The molecule has 0 aliphatic rings. The fourth-order valence-electron chi connectivity index (χ4n) is 1.90. The van der Waals surface area contributed by atoms with Crippen molar-refractivity contribution in [2.45, 2.75) is 27.0 Å². The van der Waals surface area contributed by atoms with Crippen molar-refractivity contribution in [3.05, 3.63) is 50.4 Å². The smallest absolute Gasteiger partial charge is 0.127 e. The molecule has 21 heavy (non-hydrogen) atoms. The summed E-state index contributed by atoms with van der Waals surface area (Å²) < 4.78 is 20.4. The Morgan fingerprint density at radius 1 is 1.29 bits per heavy atom. The summed E-state index contributed by atoms with van der Waals surface area (Å²) in [7, 11) is 0. The summed E-state index contributed by atoms with van der Waals surface area (Å²) in [6.45, 7) is 6.31. The molecule has 0 saturated heterocycles. The lowest BCUT2D eigenvalue weighted by atomic mass is 10.2. The van der Waals surface area contributed by atoms with E-state index in [9.17, 15) is 4.39 Å². The molecule has 5 heteroatoms. The first kappa shape index (κ1) is 16.5. The first-order valence-electron chi connectivity index (χ1n) is 6.90. The fourth-order valence-corrected chi connectivity index (χ4v) is 3.29. The third kappa shape index (κ3) is 5.77. The summed E-state index contributed by atoms with van der Waals surface area (Å²) in [6, 6.07) is 8.84. The minimum atomic E-state index is -0.263. The molecular weight excluding hydrogens is 353 g/mol. The van der Waals surface area contributed by atoms with Gasteiger partial charge in [0, 0.05) is 17.5 Å². The van der Waals surface area contributed by atoms with E-state index in [0.717, 1.165) is 20.8 Å². The third-order valence-corrected chi connectivity index (χ3v) is 4.42. The van der Waals surface area contributed by atoms with Crippen LogP contribution in [0.3, 0.4) is 0 Å². The summed E-state index contributed by atoms with van der Waals surface area (Å²) in [5, 5.41) is 3.31. The fraction of sp³-hybridized carbons (Fsp3) is 0.375. The number of hydrogen-bond acceptors (Lipinski definition) is 3. The van der Waals surface area contributed by atoms with Crippen molar-refractivity contribution in [3.8, 4) is 5.75 Å². The van der Waals surface area contributed by atoms with Crippen molar-refractivity contribution in [2.75, 3.05) is 6.54 Å². The largest absolute Gasteiger partial charge is 0.488 e. The Hall–Kier alpha value is -0.910. The molecule has 1 aromatic heterocycles. The highest BCUT2D eigenvalue weighted by molar-refractivity contribution is 9.11. The maximum Gasteiger partial charge on any atom is 0.127 e. The van der Waals surface area contributed by atoms with E-state index in [2.05, 4.69) is 35.1 Å². The standard InChI is InChI=1S/C16H19BrFNOS/c1-11(2)8-19-9-12-5-13(18)7-14(6-12)20-10-15-3-4-16(17)21-15/h3-7,11,19H,8-10H2,1-2H3. The maximum atomic E-state index is 13.6. The lowest BCUT2D eigenvalue weighted by Gasteiger charge is -2.10. The zero-order chi connectivity index (χ0) is 15.2. The Labute approximate surface area is 137 Å². The Kier molecular flexibility index (Phi) is 6.21. The van der Waals surface area contributed by atoms with Gasteiger partial charge in [-0.3, -0.25) is 0 Å². The van der Waals surface area contributed by atoms with Crippen LogP contribution in [0.1, 0.15) is 24.3 Å². The second-order valence-corrected chi connectivity index (χ2v) is 7.86. The zero-order valence-electron chi connectivity index (χ0n) is 12.2. The average molecular weight is 372 g/mol. The van der Waals surface area contributed by atoms with E-state index in [-0.39, 0.29) is 5.82 Å². The van der Waals surface area contributed by atoms with Crippen LogP contribution in [0.15, 0.2) is 34.1 Å². The second kappa shape index (κ2) is 7.92. The average Bonchev–Trinajstić information content (AvgIpc) is 2.81. The molecule has 0 fully saturated rings. The molecule has 1 N–H and O–H groups in total. The highest BCUT2D eigenvalue weighted by atomic mass is 79.9. The van der Waals surface area contributed by atoms with Gasteiger partial charge in [0.25, 0.3) is 0 Å². The van der Waals surface area contributed by atoms with Gasteiger partial charge in [-0.05, 0) is 58.2 Å². The molecule has 0 atom stereocenters. The molecular formula is C16H19BrFNOS. The maximum absolute atomic E-state index is 13.6. The number of halogens is 2. The van der Waals surface area contributed by atoms with Crippen LogP contribution >= 0.6 is 27.3 Å². The number of benzene rings is 1. The lowest BCUT2D eigenvalue weighted by molar-refractivity contribution is 0.307. The minimum Gasteiger partial charge on any atom is -0.488 e. The monoisotopic (exact) mass is 371 g/mol. The van der Waals surface area contributed by atoms with Gasteiger partial charge in [-0.15, -0.1) is 11.3 Å². The molecule has 0 amide bonds. The van der Waals surface area contributed by atoms with E-state index >= 15 is 0 Å². The van der Waals surface area contributed by atoms with Gasteiger partial charge < -0.3 is 10.1 Å². The van der Waals surface area contributed by atoms with Gasteiger partial charge in [0.2, 0.25) is 0 Å². The topological polar surface area (TPSA) is 21.3 Å². The van der Waals surface area contributed by atoms with E-state index in [4.69, 9.17) is 4.74 Å². The van der Waals surface area contributed by atoms with E-state index in [1.54, 1.807) is 17.4 Å². The van der Waals surface area contributed by atoms with Gasteiger partial charge >= 0.3 is 0 Å². The van der Waals surface area contributed by atoms with E-state index in [1.165, 1.54) is 6.07 Å². The first-order chi connectivity index (χ1) is 10.0. The zero-order valence-corrected chi connectivity index (χ0v) is 14.6. The normalized spacial score (nSPS) is 11.1. The number of ether oxygens (including phenoxy) is 1. The van der Waals surface area contributed by atoms with Crippen LogP contribution in [-0.4, -0.2) is 6.54 Å². The van der Waals surface area contributed by atoms with Crippen LogP contribution in [0.4, 0.5) is 4.39 Å². The van der Waals surface area contributed by atoms with Gasteiger partial charge in [-0.2, -0.15) is 0 Å². The van der Waals surface area contributed by atoms with Crippen molar-refractivity contribution >= 4 is 27.3 Å². The minimum absolute atomic E-state index is 0.263. The van der Waals surface area contributed by atoms with Crippen LogP contribution in [0.2, 0.25) is 0 Å². The molecule has 0 spiro atoms. The van der Waals surface area contributed by atoms with Gasteiger partial charge in [-0.25, -0.2) is 4.39 Å². The van der Waals surface area contributed by atoms with E-state index in [1.807, 2.05) is 18.2 Å². The molecule has 114 valence electrons. The molecule has 0 unspecified atom stereocenters. The van der Waals surface area contributed by atoms with Crippen molar-refractivity contribution in [2.24, 2.45) is 5.92 Å². The van der Waals surface area contributed by atoms with Crippen LogP contribution in [0.5, 0.6) is 5.75 Å². The number of rotatable bonds is 7. The molecule has 1 heterocycles. The molecule has 2 aromatic rings. The van der Waals surface area contributed by atoms with Crippen molar-refractivity contribution in [1.82, 2.24) is 5.32 Å². The van der Waals surface area contributed by atoms with E-state index in [0.29, 0.717) is 24.8 Å². The Morgan fingerprint density at radius 3 is 2.76 bits per heavy atom. The second-order valence-electron chi connectivity index (χ2n) is 5.31. The van der Waals surface area contributed by atoms with Crippen molar-refractivity contribution in [3.63, 3.8) is 0 Å². The molecule has 0 aliphatic carbocycles. The van der Waals surface area contributed by atoms with Gasteiger partial charge in [0.15, 0.2) is 0 Å². The molecule has 0 bridgehead atoms. The molecule has 0 aliphatic heterocycles. The van der Waals surface area contributed by atoms with Gasteiger partial charge in [0.1, 0.15) is 18.2 Å². The molecule has 0 saturated carbocycles. The predicted octanol–water partition coefficient (Wildman–Crippen LogP) is 4.97. The van der Waals surface area contributed by atoms with Crippen LogP contribution < -0.4 is 10.1 Å². The highest BCUT2D eigenvalue weighted by Crippen LogP contribution is 2.24. The molecule has 2 nitrogen and oxygen atoms in total. The SMILES string of the molecule is CC(C)CNCc1cc(F)cc(OCc2ccc(Br)s2)c1. The van der Waals surface area contributed by atoms with E-state index < -0.39 is 0 Å². The number of hydrogen-bond donors (Lipinski definition) is 1. The Balaban J connectivity index is 1.94. The van der Waals surface area contributed by atoms with Crippen molar-refractivity contribution < 1.29 is 9.13 Å². The lowest BCUT2D eigenvalue weighted by Crippen LogP contribution is -2.19. The molecule has 2 rings (SSSR count). The van der Waals surface area contributed by atoms with Crippen LogP contribution in [0.25, 0.3) is 0 Å². The Bertz CT molecular complexity index is 585.